The summed E-state index contributed by atoms with van der Waals surface area (Å²) in [5, 5.41) is 20.1. The second-order valence-electron chi connectivity index (χ2n) is 11.3. The highest BCUT2D eigenvalue weighted by Gasteiger charge is 2.31. The molecule has 11 heteroatoms. The van der Waals surface area contributed by atoms with Gasteiger partial charge in [0.15, 0.2) is 0 Å². The van der Waals surface area contributed by atoms with Gasteiger partial charge in [-0.1, -0.05) is 74.5 Å². The molecular weight excluding hydrogens is 580 g/mol. The number of aliphatic hydroxyl groups excluding tert-OH is 1. The lowest BCUT2D eigenvalue weighted by molar-refractivity contribution is -0.114. The van der Waals surface area contributed by atoms with E-state index in [0.717, 1.165) is 17.2 Å². The second-order valence-corrected chi connectivity index (χ2v) is 12.9. The second kappa shape index (κ2) is 14.4. The molecule has 0 bridgehead atoms. The third-order valence-corrected chi connectivity index (χ3v) is 8.56. The summed E-state index contributed by atoms with van der Waals surface area (Å²) in [5.41, 5.74) is 1.79. The van der Waals surface area contributed by atoms with Crippen molar-refractivity contribution in [1.82, 2.24) is 20.7 Å². The van der Waals surface area contributed by atoms with Crippen LogP contribution in [0.2, 0.25) is 0 Å². The first-order valence-electron chi connectivity index (χ1n) is 14.5. The van der Waals surface area contributed by atoms with E-state index in [-0.39, 0.29) is 34.2 Å². The average molecular weight is 619 g/mol. The van der Waals surface area contributed by atoms with Crippen LogP contribution in [0.3, 0.4) is 0 Å². The third kappa shape index (κ3) is 8.62. The van der Waals surface area contributed by atoms with E-state index in [0.29, 0.717) is 18.9 Å². The number of aliphatic hydroxyl groups is 1. The predicted molar refractivity (Wildman–Crippen MR) is 169 cm³/mol. The number of carbonyl (C=O) groups is 3. The Kier molecular flexibility index (Phi) is 10.7. The van der Waals surface area contributed by atoms with Crippen LogP contribution >= 0.6 is 0 Å². The smallest absolute Gasteiger partial charge is 0.265 e. The van der Waals surface area contributed by atoms with E-state index in [2.05, 4.69) is 16.0 Å². The lowest BCUT2D eigenvalue weighted by Gasteiger charge is -2.25. The maximum absolute atomic E-state index is 13.7. The van der Waals surface area contributed by atoms with Crippen LogP contribution in [-0.4, -0.2) is 56.5 Å². The molecule has 0 fully saturated rings. The lowest BCUT2D eigenvalue weighted by atomic mass is 9.99. The number of hydrogen-bond acceptors (Lipinski definition) is 7. The van der Waals surface area contributed by atoms with E-state index in [4.69, 9.17) is 0 Å². The summed E-state index contributed by atoms with van der Waals surface area (Å²) in [4.78, 5) is 38.7. The van der Waals surface area contributed by atoms with Crippen molar-refractivity contribution in [2.75, 3.05) is 13.1 Å². The largest absolute Gasteiger partial charge is 0.390 e. The van der Waals surface area contributed by atoms with Gasteiger partial charge in [0, 0.05) is 23.7 Å². The Morgan fingerprint density at radius 3 is 2.00 bits per heavy atom. The number of sulfonamides is 1. The molecule has 1 aliphatic rings. The summed E-state index contributed by atoms with van der Waals surface area (Å²) in [6.07, 6.45) is 0.301. The van der Waals surface area contributed by atoms with Gasteiger partial charge in [-0.3, -0.25) is 14.4 Å². The molecule has 44 heavy (non-hydrogen) atoms. The van der Waals surface area contributed by atoms with E-state index in [9.17, 15) is 27.9 Å². The molecule has 0 saturated heterocycles. The van der Waals surface area contributed by atoms with Gasteiger partial charge < -0.3 is 21.1 Å². The van der Waals surface area contributed by atoms with Crippen molar-refractivity contribution in [3.05, 3.63) is 113 Å². The highest BCUT2D eigenvalue weighted by Crippen LogP contribution is 2.27. The molecule has 0 aromatic heterocycles. The van der Waals surface area contributed by atoms with Crippen molar-refractivity contribution in [2.24, 2.45) is 5.92 Å². The predicted octanol–water partition coefficient (Wildman–Crippen LogP) is 2.93. The molecule has 3 atom stereocenters. The number of carbonyl (C=O) groups excluding carboxylic acids is 3. The zero-order valence-corrected chi connectivity index (χ0v) is 25.7. The highest BCUT2D eigenvalue weighted by atomic mass is 32.2. The standard InChI is InChI=1S/C33H38N4O6S/c1-21(2)19-34-20-29(38)28(14-23-10-6-4-7-11-23)36-33(41)27-16-25(30-18-31(39)37-44(30,42)43)15-26(17-27)32(40)35-22(3)24-12-8-5-9-13-24/h4-13,15-18,21-22,28-29,34,38H,14,19-20H2,1-3H3,(H,35,40)(H,36,41)(H,37,39)/t22-,28+,29-/m1/s1. The van der Waals surface area contributed by atoms with Gasteiger partial charge in [-0.25, -0.2) is 13.1 Å². The van der Waals surface area contributed by atoms with Gasteiger partial charge in [0.25, 0.3) is 27.7 Å². The van der Waals surface area contributed by atoms with Crippen molar-refractivity contribution in [1.29, 1.82) is 0 Å². The molecule has 0 radical (unpaired) electrons. The molecule has 0 aliphatic carbocycles. The maximum Gasteiger partial charge on any atom is 0.265 e. The Morgan fingerprint density at radius 1 is 0.841 bits per heavy atom. The van der Waals surface area contributed by atoms with Gasteiger partial charge in [0.05, 0.1) is 18.2 Å². The first-order chi connectivity index (χ1) is 20.9. The molecule has 5 N–H and O–H groups in total. The molecule has 3 aromatic rings. The number of benzene rings is 3. The molecule has 1 aliphatic heterocycles. The van der Waals surface area contributed by atoms with Crippen molar-refractivity contribution < 1.29 is 27.9 Å². The van der Waals surface area contributed by atoms with Crippen LogP contribution in [0.15, 0.2) is 84.9 Å². The molecular formula is C33H38N4O6S. The van der Waals surface area contributed by atoms with Gasteiger partial charge in [-0.15, -0.1) is 0 Å². The van der Waals surface area contributed by atoms with Crippen molar-refractivity contribution in [3.8, 4) is 0 Å². The quantitative estimate of drug-likeness (QED) is 0.197. The number of hydrogen-bond donors (Lipinski definition) is 5. The number of nitrogens with one attached hydrogen (secondary N) is 4. The molecule has 4 rings (SSSR count). The summed E-state index contributed by atoms with van der Waals surface area (Å²) in [5.74, 6) is -1.61. The molecule has 1 heterocycles. The summed E-state index contributed by atoms with van der Waals surface area (Å²) >= 11 is 0. The summed E-state index contributed by atoms with van der Waals surface area (Å²) in [6.45, 7) is 6.82. The Morgan fingerprint density at radius 2 is 1.43 bits per heavy atom. The topological polar surface area (TPSA) is 154 Å². The molecule has 232 valence electrons. The maximum atomic E-state index is 13.7. The average Bonchev–Trinajstić information content (AvgIpc) is 3.28. The molecule has 3 amide bonds. The van der Waals surface area contributed by atoms with E-state index < -0.39 is 39.9 Å². The van der Waals surface area contributed by atoms with E-state index >= 15 is 0 Å². The van der Waals surface area contributed by atoms with Crippen molar-refractivity contribution in [2.45, 2.75) is 45.4 Å². The first-order valence-corrected chi connectivity index (χ1v) is 15.9. The van der Waals surface area contributed by atoms with Gasteiger partial charge in [0.1, 0.15) is 4.91 Å². The van der Waals surface area contributed by atoms with Gasteiger partial charge in [0.2, 0.25) is 0 Å². The SMILES string of the molecule is CC(C)CNC[C@@H](O)[C@H](Cc1ccccc1)NC(=O)c1cc(C(=O)N[C@H](C)c2ccccc2)cc(C2=CC(=O)NS2(=O)=O)c1. The normalized spacial score (nSPS) is 16.0. The fourth-order valence-electron chi connectivity index (χ4n) is 4.85. The van der Waals surface area contributed by atoms with E-state index in [1.165, 1.54) is 18.2 Å². The minimum atomic E-state index is -4.18. The highest BCUT2D eigenvalue weighted by molar-refractivity contribution is 7.99. The van der Waals surface area contributed by atoms with Gasteiger partial charge in [-0.05, 0) is 60.7 Å². The molecule has 3 aromatic carbocycles. The van der Waals surface area contributed by atoms with E-state index in [1.54, 1.807) is 6.92 Å². The third-order valence-electron chi connectivity index (χ3n) is 7.16. The summed E-state index contributed by atoms with van der Waals surface area (Å²) < 4.78 is 27.2. The fourth-order valence-corrected chi connectivity index (χ4v) is 5.98. The molecule has 0 saturated carbocycles. The van der Waals surface area contributed by atoms with Crippen LogP contribution in [0.1, 0.15) is 64.2 Å². The Labute approximate surface area is 258 Å². The van der Waals surface area contributed by atoms with Crippen LogP contribution in [0.4, 0.5) is 0 Å². The first kappa shape index (κ1) is 32.6. The van der Waals surface area contributed by atoms with Crippen LogP contribution in [0.5, 0.6) is 0 Å². The molecule has 10 nitrogen and oxygen atoms in total. The van der Waals surface area contributed by atoms with Crippen LogP contribution in [0.25, 0.3) is 4.91 Å². The number of rotatable bonds is 13. The minimum absolute atomic E-state index is 0.00383. The van der Waals surface area contributed by atoms with Crippen molar-refractivity contribution in [3.63, 3.8) is 0 Å². The van der Waals surface area contributed by atoms with Crippen LogP contribution < -0.4 is 20.7 Å². The Balaban J connectivity index is 1.66. The molecule has 0 unspecified atom stereocenters. The van der Waals surface area contributed by atoms with Gasteiger partial charge >= 0.3 is 0 Å². The van der Waals surface area contributed by atoms with Crippen LogP contribution in [-0.2, 0) is 21.2 Å². The monoisotopic (exact) mass is 618 g/mol. The Hall–Kier alpha value is -4.32. The number of amides is 3. The zero-order valence-electron chi connectivity index (χ0n) is 24.9. The molecule has 0 spiro atoms. The minimum Gasteiger partial charge on any atom is -0.390 e. The summed E-state index contributed by atoms with van der Waals surface area (Å²) in [7, 11) is -4.18. The Bertz CT molecular complexity index is 1620. The van der Waals surface area contributed by atoms with Gasteiger partial charge in [-0.2, -0.15) is 0 Å². The summed E-state index contributed by atoms with van der Waals surface area (Å²) in [6, 6.07) is 21.6. The van der Waals surface area contributed by atoms with E-state index in [1.807, 2.05) is 79.2 Å². The van der Waals surface area contributed by atoms with Crippen molar-refractivity contribution >= 4 is 32.6 Å². The zero-order chi connectivity index (χ0) is 31.9. The fraction of sp³-hybridized carbons (Fsp3) is 0.303. The lowest BCUT2D eigenvalue weighted by Crippen LogP contribution is -2.49. The van der Waals surface area contributed by atoms with Crippen LogP contribution in [0, 0.1) is 5.92 Å².